The summed E-state index contributed by atoms with van der Waals surface area (Å²) >= 11 is 0. The molecule has 0 saturated carbocycles. The molecular formula is C20H34N4O2. The molecule has 6 heteroatoms. The Labute approximate surface area is 158 Å². The van der Waals surface area contributed by atoms with Crippen LogP contribution in [0.5, 0.6) is 5.75 Å². The highest BCUT2D eigenvalue weighted by molar-refractivity contribution is 5.79. The fourth-order valence-corrected chi connectivity index (χ4v) is 3.25. The standard InChI is InChI=1S/C20H34N4O2/c1-4-21-20(22-12-7-15-25-2)23-16-19(24-13-5-6-14-24)17-8-10-18(26-3)11-9-17/h8-11,19H,4-7,12-16H2,1-3H3,(H2,21,22,23). The summed E-state index contributed by atoms with van der Waals surface area (Å²) in [7, 11) is 3.43. The Morgan fingerprint density at radius 3 is 2.50 bits per heavy atom. The lowest BCUT2D eigenvalue weighted by Gasteiger charge is -2.27. The highest BCUT2D eigenvalue weighted by Crippen LogP contribution is 2.27. The first-order valence-electron chi connectivity index (χ1n) is 9.67. The van der Waals surface area contributed by atoms with Gasteiger partial charge in [0.1, 0.15) is 5.75 Å². The van der Waals surface area contributed by atoms with Crippen molar-refractivity contribution in [2.75, 3.05) is 53.6 Å². The molecule has 1 unspecified atom stereocenters. The van der Waals surface area contributed by atoms with E-state index in [9.17, 15) is 0 Å². The van der Waals surface area contributed by atoms with Gasteiger partial charge in [-0.15, -0.1) is 0 Å². The second kappa shape index (κ2) is 11.8. The van der Waals surface area contributed by atoms with Crippen molar-refractivity contribution in [3.8, 4) is 5.75 Å². The minimum Gasteiger partial charge on any atom is -0.497 e. The number of hydrogen-bond acceptors (Lipinski definition) is 4. The number of nitrogens with one attached hydrogen (secondary N) is 2. The van der Waals surface area contributed by atoms with Gasteiger partial charge in [-0.3, -0.25) is 9.89 Å². The van der Waals surface area contributed by atoms with E-state index in [1.165, 1.54) is 18.4 Å². The second-order valence-corrected chi connectivity index (χ2v) is 6.52. The van der Waals surface area contributed by atoms with Crippen LogP contribution in [0.25, 0.3) is 0 Å². The Hall–Kier alpha value is -1.79. The van der Waals surface area contributed by atoms with Gasteiger partial charge in [0, 0.05) is 26.8 Å². The summed E-state index contributed by atoms with van der Waals surface area (Å²) in [6.45, 7) is 7.59. The van der Waals surface area contributed by atoms with Crippen LogP contribution < -0.4 is 15.4 Å². The third-order valence-corrected chi connectivity index (χ3v) is 4.67. The quantitative estimate of drug-likeness (QED) is 0.380. The molecule has 1 aliphatic heterocycles. The van der Waals surface area contributed by atoms with Crippen LogP contribution in [0.4, 0.5) is 0 Å². The Morgan fingerprint density at radius 2 is 1.88 bits per heavy atom. The van der Waals surface area contributed by atoms with Crippen LogP contribution in [-0.2, 0) is 4.74 Å². The van der Waals surface area contributed by atoms with Crippen LogP contribution in [0.15, 0.2) is 29.3 Å². The van der Waals surface area contributed by atoms with E-state index in [4.69, 9.17) is 14.5 Å². The molecule has 1 heterocycles. The van der Waals surface area contributed by atoms with Gasteiger partial charge in [0.05, 0.1) is 19.7 Å². The van der Waals surface area contributed by atoms with Crippen molar-refractivity contribution in [3.63, 3.8) is 0 Å². The molecule has 1 fully saturated rings. The van der Waals surface area contributed by atoms with Crippen LogP contribution in [0.2, 0.25) is 0 Å². The smallest absolute Gasteiger partial charge is 0.191 e. The van der Waals surface area contributed by atoms with Gasteiger partial charge in [-0.2, -0.15) is 0 Å². The topological polar surface area (TPSA) is 58.1 Å². The van der Waals surface area contributed by atoms with E-state index >= 15 is 0 Å². The van der Waals surface area contributed by atoms with Gasteiger partial charge in [0.2, 0.25) is 0 Å². The van der Waals surface area contributed by atoms with E-state index in [-0.39, 0.29) is 0 Å². The lowest BCUT2D eigenvalue weighted by Crippen LogP contribution is -2.39. The molecule has 0 bridgehead atoms. The van der Waals surface area contributed by atoms with Crippen LogP contribution in [0.3, 0.4) is 0 Å². The molecule has 1 aliphatic rings. The molecule has 26 heavy (non-hydrogen) atoms. The summed E-state index contributed by atoms with van der Waals surface area (Å²) in [5, 5.41) is 6.73. The molecule has 0 amide bonds. The first-order valence-corrected chi connectivity index (χ1v) is 9.67. The summed E-state index contributed by atoms with van der Waals surface area (Å²) in [4.78, 5) is 7.40. The fourth-order valence-electron chi connectivity index (χ4n) is 3.25. The first-order chi connectivity index (χ1) is 12.8. The van der Waals surface area contributed by atoms with Gasteiger partial charge in [-0.25, -0.2) is 0 Å². The summed E-state index contributed by atoms with van der Waals surface area (Å²) in [5.41, 5.74) is 1.30. The van der Waals surface area contributed by atoms with Gasteiger partial charge in [-0.1, -0.05) is 12.1 Å². The monoisotopic (exact) mass is 362 g/mol. The maximum Gasteiger partial charge on any atom is 0.191 e. The van der Waals surface area contributed by atoms with Gasteiger partial charge in [-0.05, 0) is 57.0 Å². The third kappa shape index (κ3) is 6.50. The Kier molecular flexibility index (Phi) is 9.28. The van der Waals surface area contributed by atoms with Crippen LogP contribution in [0.1, 0.15) is 37.8 Å². The molecule has 0 spiro atoms. The van der Waals surface area contributed by atoms with Crippen molar-refractivity contribution in [2.24, 2.45) is 4.99 Å². The average Bonchev–Trinajstić information content (AvgIpc) is 3.20. The first kappa shape index (κ1) is 20.5. The van der Waals surface area contributed by atoms with Crippen molar-refractivity contribution < 1.29 is 9.47 Å². The van der Waals surface area contributed by atoms with Crippen LogP contribution >= 0.6 is 0 Å². The molecular weight excluding hydrogens is 328 g/mol. The van der Waals surface area contributed by atoms with E-state index in [2.05, 4.69) is 34.6 Å². The van der Waals surface area contributed by atoms with Gasteiger partial charge in [0.15, 0.2) is 5.96 Å². The van der Waals surface area contributed by atoms with Gasteiger partial charge in [0.25, 0.3) is 0 Å². The number of hydrogen-bond donors (Lipinski definition) is 2. The van der Waals surface area contributed by atoms with Crippen molar-refractivity contribution in [1.29, 1.82) is 0 Å². The molecule has 6 nitrogen and oxygen atoms in total. The van der Waals surface area contributed by atoms with Crippen molar-refractivity contribution >= 4 is 5.96 Å². The molecule has 2 rings (SSSR count). The second-order valence-electron chi connectivity index (χ2n) is 6.52. The highest BCUT2D eigenvalue weighted by Gasteiger charge is 2.23. The number of aliphatic imine (C=N–C) groups is 1. The lowest BCUT2D eigenvalue weighted by molar-refractivity contribution is 0.195. The normalized spacial score (nSPS) is 16.5. The number of likely N-dealkylation sites (tertiary alicyclic amines) is 1. The zero-order valence-corrected chi connectivity index (χ0v) is 16.5. The number of ether oxygens (including phenoxy) is 2. The molecule has 0 aromatic heterocycles. The van der Waals surface area contributed by atoms with E-state index in [0.29, 0.717) is 6.04 Å². The molecule has 1 aromatic carbocycles. The maximum absolute atomic E-state index is 5.30. The zero-order valence-electron chi connectivity index (χ0n) is 16.5. The summed E-state index contributed by atoms with van der Waals surface area (Å²) in [6, 6.07) is 8.71. The fraction of sp³-hybridized carbons (Fsp3) is 0.650. The molecule has 1 atom stereocenters. The van der Waals surface area contributed by atoms with Gasteiger partial charge < -0.3 is 20.1 Å². The average molecular weight is 363 g/mol. The Bertz CT molecular complexity index is 527. The van der Waals surface area contributed by atoms with Crippen LogP contribution in [-0.4, -0.2) is 64.4 Å². The molecule has 1 aromatic rings. The van der Waals surface area contributed by atoms with Gasteiger partial charge >= 0.3 is 0 Å². The summed E-state index contributed by atoms with van der Waals surface area (Å²) in [5.74, 6) is 1.77. The Morgan fingerprint density at radius 1 is 1.15 bits per heavy atom. The minimum atomic E-state index is 0.304. The number of benzene rings is 1. The third-order valence-electron chi connectivity index (χ3n) is 4.67. The molecule has 146 valence electrons. The van der Waals surface area contributed by atoms with Crippen LogP contribution in [0, 0.1) is 0 Å². The van der Waals surface area contributed by atoms with Crippen molar-refractivity contribution in [2.45, 2.75) is 32.2 Å². The zero-order chi connectivity index (χ0) is 18.6. The minimum absolute atomic E-state index is 0.304. The highest BCUT2D eigenvalue weighted by atomic mass is 16.5. The number of guanidine groups is 1. The van der Waals surface area contributed by atoms with E-state index in [1.54, 1.807) is 14.2 Å². The largest absolute Gasteiger partial charge is 0.497 e. The lowest BCUT2D eigenvalue weighted by atomic mass is 10.1. The number of methoxy groups -OCH3 is 2. The van der Waals surface area contributed by atoms with E-state index < -0.39 is 0 Å². The molecule has 2 N–H and O–H groups in total. The summed E-state index contributed by atoms with van der Waals surface area (Å²) in [6.07, 6.45) is 3.51. The number of rotatable bonds is 10. The predicted octanol–water partition coefficient (Wildman–Crippen LogP) is 2.42. The van der Waals surface area contributed by atoms with E-state index in [0.717, 1.165) is 57.5 Å². The predicted molar refractivity (Wildman–Crippen MR) is 107 cm³/mol. The SMILES string of the molecule is CCNC(=NCC(c1ccc(OC)cc1)N1CCCC1)NCCCOC. The Balaban J connectivity index is 2.05. The molecule has 0 radical (unpaired) electrons. The molecule has 1 saturated heterocycles. The van der Waals surface area contributed by atoms with Crippen molar-refractivity contribution in [1.82, 2.24) is 15.5 Å². The maximum atomic E-state index is 5.30. The summed E-state index contributed by atoms with van der Waals surface area (Å²) < 4.78 is 10.4. The van der Waals surface area contributed by atoms with Crippen molar-refractivity contribution in [3.05, 3.63) is 29.8 Å². The molecule has 0 aliphatic carbocycles. The number of nitrogens with zero attached hydrogens (tertiary/aromatic N) is 2. The van der Waals surface area contributed by atoms with E-state index in [1.807, 2.05) is 12.1 Å².